The molecule has 2 fully saturated rings. The molecule has 4 aromatic rings. The Hall–Kier alpha value is -3.28. The molecule has 6 nitrogen and oxygen atoms in total. The van der Waals surface area contributed by atoms with Crippen LogP contribution in [-0.4, -0.2) is 33.2 Å². The maximum atomic E-state index is 5.47. The second kappa shape index (κ2) is 7.20. The van der Waals surface area contributed by atoms with Crippen LogP contribution in [-0.2, 0) is 0 Å². The summed E-state index contributed by atoms with van der Waals surface area (Å²) in [5.41, 5.74) is 3.09. The predicted molar refractivity (Wildman–Crippen MR) is 115 cm³/mol. The number of rotatable bonds is 4. The van der Waals surface area contributed by atoms with E-state index in [4.69, 9.17) is 14.5 Å². The van der Waals surface area contributed by atoms with Gasteiger partial charge in [0.15, 0.2) is 5.82 Å². The number of hydrogen-bond acceptors (Lipinski definition) is 6. The second-order valence-electron chi connectivity index (χ2n) is 8.28. The van der Waals surface area contributed by atoms with Gasteiger partial charge in [-0.05, 0) is 31.7 Å². The minimum absolute atomic E-state index is 0.353. The Morgan fingerprint density at radius 1 is 0.767 bits per heavy atom. The van der Waals surface area contributed by atoms with Crippen molar-refractivity contribution in [3.63, 3.8) is 0 Å². The first-order valence-corrected chi connectivity index (χ1v) is 10.8. The minimum atomic E-state index is 0.353. The van der Waals surface area contributed by atoms with Crippen molar-refractivity contribution >= 4 is 16.9 Å². The number of benzene rings is 2. The van der Waals surface area contributed by atoms with Gasteiger partial charge in [-0.1, -0.05) is 53.7 Å². The van der Waals surface area contributed by atoms with Crippen LogP contribution in [0.15, 0.2) is 59.1 Å². The van der Waals surface area contributed by atoms with Crippen molar-refractivity contribution in [2.75, 3.05) is 18.0 Å². The van der Waals surface area contributed by atoms with Crippen molar-refractivity contribution in [2.24, 2.45) is 0 Å². The molecule has 2 aliphatic rings. The molecule has 6 rings (SSSR count). The highest BCUT2D eigenvalue weighted by Crippen LogP contribution is 2.40. The summed E-state index contributed by atoms with van der Waals surface area (Å²) >= 11 is 0. The van der Waals surface area contributed by atoms with Gasteiger partial charge in [0.2, 0.25) is 11.8 Å². The zero-order valence-electron chi connectivity index (χ0n) is 16.7. The van der Waals surface area contributed by atoms with Crippen LogP contribution in [0.5, 0.6) is 0 Å². The smallest absolute Gasteiger partial charge is 0.229 e. The summed E-state index contributed by atoms with van der Waals surface area (Å²) in [6, 6.07) is 18.6. The van der Waals surface area contributed by atoms with Gasteiger partial charge < -0.3 is 9.42 Å². The van der Waals surface area contributed by atoms with Crippen molar-refractivity contribution < 1.29 is 4.52 Å². The van der Waals surface area contributed by atoms with Crippen LogP contribution in [0.2, 0.25) is 0 Å². The summed E-state index contributed by atoms with van der Waals surface area (Å²) < 4.78 is 5.47. The predicted octanol–water partition coefficient (Wildman–Crippen LogP) is 4.94. The van der Waals surface area contributed by atoms with E-state index in [1.807, 2.05) is 18.2 Å². The molecule has 0 N–H and O–H groups in total. The molecular formula is C24H23N5O. The zero-order valence-corrected chi connectivity index (χ0v) is 16.7. The van der Waals surface area contributed by atoms with E-state index in [0.717, 1.165) is 65.8 Å². The molecule has 2 aromatic heterocycles. The lowest BCUT2D eigenvalue weighted by Gasteiger charge is -2.31. The molecule has 30 heavy (non-hydrogen) atoms. The fraction of sp³-hybridized carbons (Fsp3) is 0.333. The molecule has 3 heterocycles. The average Bonchev–Trinajstić information content (AvgIpc) is 3.55. The number of fused-ring (bicyclic) bond motifs is 1. The molecule has 6 heteroatoms. The lowest BCUT2D eigenvalue weighted by atomic mass is 9.96. The number of piperidine rings is 1. The van der Waals surface area contributed by atoms with E-state index < -0.39 is 0 Å². The van der Waals surface area contributed by atoms with Gasteiger partial charge >= 0.3 is 0 Å². The Balaban J connectivity index is 1.27. The van der Waals surface area contributed by atoms with Gasteiger partial charge in [0, 0.05) is 35.9 Å². The quantitative estimate of drug-likeness (QED) is 0.486. The molecule has 1 aliphatic carbocycles. The first kappa shape index (κ1) is 17.6. The van der Waals surface area contributed by atoms with Gasteiger partial charge in [0.1, 0.15) is 0 Å². The summed E-state index contributed by atoms with van der Waals surface area (Å²) in [4.78, 5) is 16.8. The summed E-state index contributed by atoms with van der Waals surface area (Å²) in [6.45, 7) is 1.79. The third kappa shape index (κ3) is 3.22. The maximum absolute atomic E-state index is 5.47. The van der Waals surface area contributed by atoms with Crippen LogP contribution >= 0.6 is 0 Å². The average molecular weight is 397 g/mol. The normalized spacial score (nSPS) is 17.5. The first-order valence-electron chi connectivity index (χ1n) is 10.8. The third-order valence-corrected chi connectivity index (χ3v) is 6.17. The molecule has 1 saturated heterocycles. The van der Waals surface area contributed by atoms with Crippen LogP contribution in [0.25, 0.3) is 22.2 Å². The van der Waals surface area contributed by atoms with Crippen LogP contribution in [0, 0.1) is 0 Å². The second-order valence-corrected chi connectivity index (χ2v) is 8.28. The highest BCUT2D eigenvalue weighted by molar-refractivity contribution is 5.93. The molecule has 2 aromatic carbocycles. The van der Waals surface area contributed by atoms with Crippen molar-refractivity contribution in [3.05, 3.63) is 66.3 Å². The first-order chi connectivity index (χ1) is 14.8. The highest BCUT2D eigenvalue weighted by Gasteiger charge is 2.32. The van der Waals surface area contributed by atoms with Crippen molar-refractivity contribution in [1.82, 2.24) is 20.1 Å². The number of anilines is 1. The Morgan fingerprint density at radius 2 is 1.53 bits per heavy atom. The van der Waals surface area contributed by atoms with Crippen molar-refractivity contribution in [3.8, 4) is 11.3 Å². The topological polar surface area (TPSA) is 67.9 Å². The molecular weight excluding hydrogens is 374 g/mol. The summed E-state index contributed by atoms with van der Waals surface area (Å²) in [6.07, 6.45) is 4.34. The van der Waals surface area contributed by atoms with Gasteiger partial charge in [0.25, 0.3) is 0 Å². The van der Waals surface area contributed by atoms with E-state index in [9.17, 15) is 0 Å². The summed E-state index contributed by atoms with van der Waals surface area (Å²) in [5, 5.41) is 5.34. The van der Waals surface area contributed by atoms with Crippen LogP contribution in [0.1, 0.15) is 49.2 Å². The number of hydrogen-bond donors (Lipinski definition) is 0. The van der Waals surface area contributed by atoms with Crippen molar-refractivity contribution in [1.29, 1.82) is 0 Å². The lowest BCUT2D eigenvalue weighted by Crippen LogP contribution is -2.34. The van der Waals surface area contributed by atoms with Gasteiger partial charge in [-0.25, -0.2) is 9.97 Å². The van der Waals surface area contributed by atoms with E-state index in [1.54, 1.807) is 0 Å². The Morgan fingerprint density at radius 3 is 2.33 bits per heavy atom. The van der Waals surface area contributed by atoms with Crippen LogP contribution < -0.4 is 4.90 Å². The SMILES string of the molecule is c1ccc(-c2nc(N3CCC(c4noc(C5CC5)n4)CC3)nc3ccccc23)cc1. The number of aromatic nitrogens is 4. The molecule has 150 valence electrons. The minimum Gasteiger partial charge on any atom is -0.341 e. The third-order valence-electron chi connectivity index (χ3n) is 6.17. The highest BCUT2D eigenvalue weighted by atomic mass is 16.5. The lowest BCUT2D eigenvalue weighted by molar-refractivity contribution is 0.364. The molecule has 1 saturated carbocycles. The van der Waals surface area contributed by atoms with E-state index >= 15 is 0 Å². The molecule has 0 atom stereocenters. The standard InChI is InChI=1S/C24H23N5O/c1-2-6-16(7-3-1)21-19-8-4-5-9-20(19)25-24(26-21)29-14-12-17(13-15-29)22-27-23(30-28-22)18-10-11-18/h1-9,17-18H,10-15H2. The van der Waals surface area contributed by atoms with E-state index in [-0.39, 0.29) is 0 Å². The molecule has 0 bridgehead atoms. The zero-order chi connectivity index (χ0) is 19.9. The Kier molecular flexibility index (Phi) is 4.22. The van der Waals surface area contributed by atoms with E-state index in [0.29, 0.717) is 11.8 Å². The van der Waals surface area contributed by atoms with Gasteiger partial charge in [-0.3, -0.25) is 0 Å². The van der Waals surface area contributed by atoms with Crippen LogP contribution in [0.3, 0.4) is 0 Å². The fourth-order valence-corrected chi connectivity index (χ4v) is 4.27. The Bertz CT molecular complexity index is 1180. The van der Waals surface area contributed by atoms with E-state index in [1.165, 1.54) is 12.8 Å². The molecule has 0 spiro atoms. The molecule has 1 aliphatic heterocycles. The summed E-state index contributed by atoms with van der Waals surface area (Å²) in [5.74, 6) is 3.37. The van der Waals surface area contributed by atoms with Gasteiger partial charge in [0.05, 0.1) is 11.2 Å². The largest absolute Gasteiger partial charge is 0.341 e. The maximum Gasteiger partial charge on any atom is 0.229 e. The monoisotopic (exact) mass is 397 g/mol. The summed E-state index contributed by atoms with van der Waals surface area (Å²) in [7, 11) is 0. The molecule has 0 radical (unpaired) electrons. The van der Waals surface area contributed by atoms with Gasteiger partial charge in [-0.2, -0.15) is 4.98 Å². The molecule has 0 amide bonds. The molecule has 0 unspecified atom stereocenters. The van der Waals surface area contributed by atoms with Gasteiger partial charge in [-0.15, -0.1) is 0 Å². The van der Waals surface area contributed by atoms with Crippen molar-refractivity contribution in [2.45, 2.75) is 37.5 Å². The number of nitrogens with zero attached hydrogens (tertiary/aromatic N) is 5. The van der Waals surface area contributed by atoms with Crippen LogP contribution in [0.4, 0.5) is 5.95 Å². The number of para-hydroxylation sites is 1. The van der Waals surface area contributed by atoms with E-state index in [2.05, 4.69) is 51.4 Å². The Labute approximate surface area is 175 Å². The fourth-order valence-electron chi connectivity index (χ4n) is 4.27.